The normalized spacial score (nSPS) is 20.0. The summed E-state index contributed by atoms with van der Waals surface area (Å²) in [5.74, 6) is -1.17. The highest BCUT2D eigenvalue weighted by Crippen LogP contribution is 2.12. The summed E-state index contributed by atoms with van der Waals surface area (Å²) in [7, 11) is 0. The van der Waals surface area contributed by atoms with Crippen molar-refractivity contribution in [2.75, 3.05) is 39.5 Å². The number of cyclic esters (lactones) is 1. The minimum atomic E-state index is -0.469. The van der Waals surface area contributed by atoms with Gasteiger partial charge in [0.25, 0.3) is 0 Å². The maximum absolute atomic E-state index is 12.3. The van der Waals surface area contributed by atoms with E-state index in [0.29, 0.717) is 26.0 Å². The molecule has 8 nitrogen and oxygen atoms in total. The van der Waals surface area contributed by atoms with Crippen molar-refractivity contribution in [3.63, 3.8) is 0 Å². The molecule has 1 rings (SSSR count). The van der Waals surface area contributed by atoms with E-state index in [1.807, 2.05) is 12.2 Å². The van der Waals surface area contributed by atoms with Gasteiger partial charge in [0, 0.05) is 19.4 Å². The van der Waals surface area contributed by atoms with Crippen molar-refractivity contribution in [3.05, 3.63) is 12.2 Å². The van der Waals surface area contributed by atoms with Gasteiger partial charge in [-0.15, -0.1) is 0 Å². The van der Waals surface area contributed by atoms with Gasteiger partial charge in [-0.25, -0.2) is 0 Å². The van der Waals surface area contributed by atoms with Crippen LogP contribution in [-0.4, -0.2) is 62.4 Å². The van der Waals surface area contributed by atoms with Crippen LogP contribution in [0, 0.1) is 5.92 Å². The predicted molar refractivity (Wildman–Crippen MR) is 95.2 cm³/mol. The number of nitrogens with one attached hydrogen (secondary N) is 2. The average Bonchev–Trinajstić information content (AvgIpc) is 2.62. The lowest BCUT2D eigenvalue weighted by molar-refractivity contribution is -0.144. The number of carbonyl (C=O) groups is 3. The Balaban J connectivity index is 2.47. The molecule has 3 N–H and O–H groups in total. The van der Waals surface area contributed by atoms with E-state index >= 15 is 0 Å². The van der Waals surface area contributed by atoms with Crippen molar-refractivity contribution in [1.82, 2.24) is 10.6 Å². The summed E-state index contributed by atoms with van der Waals surface area (Å²) >= 11 is 0. The molecule has 26 heavy (non-hydrogen) atoms. The number of esters is 1. The standard InChI is InChI=1S/C18H30N2O6/c21-10-13-25-11-8-19-16(22)14-15-6-4-2-1-3-5-7-17(23)26-12-9-20-18(15)24/h2,4,15,21H,1,3,5-14H2,(H,19,22)(H,20,24)/t15-/m1/s1. The Hall–Kier alpha value is -1.93. The third-order valence-electron chi connectivity index (χ3n) is 3.86. The van der Waals surface area contributed by atoms with E-state index in [4.69, 9.17) is 14.6 Å². The zero-order valence-electron chi connectivity index (χ0n) is 15.2. The minimum absolute atomic E-state index is 0.0577. The maximum atomic E-state index is 12.3. The summed E-state index contributed by atoms with van der Waals surface area (Å²) in [6.45, 7) is 1.20. The van der Waals surface area contributed by atoms with Gasteiger partial charge in [0.2, 0.25) is 11.8 Å². The Labute approximate surface area is 154 Å². The summed E-state index contributed by atoms with van der Waals surface area (Å²) in [4.78, 5) is 35.8. The van der Waals surface area contributed by atoms with Crippen LogP contribution in [-0.2, 0) is 23.9 Å². The van der Waals surface area contributed by atoms with E-state index in [1.54, 1.807) is 0 Å². The minimum Gasteiger partial charge on any atom is -0.464 e. The van der Waals surface area contributed by atoms with Crippen molar-refractivity contribution in [2.45, 2.75) is 38.5 Å². The lowest BCUT2D eigenvalue weighted by atomic mass is 9.99. The van der Waals surface area contributed by atoms with E-state index in [0.717, 1.165) is 19.3 Å². The Kier molecular flexibility index (Phi) is 12.1. The van der Waals surface area contributed by atoms with E-state index in [1.165, 1.54) is 0 Å². The summed E-state index contributed by atoms with van der Waals surface area (Å²) < 4.78 is 10.1. The summed E-state index contributed by atoms with van der Waals surface area (Å²) in [5.41, 5.74) is 0. The van der Waals surface area contributed by atoms with Gasteiger partial charge >= 0.3 is 5.97 Å². The molecule has 1 atom stereocenters. The molecule has 0 saturated heterocycles. The molecule has 0 bridgehead atoms. The van der Waals surface area contributed by atoms with Gasteiger partial charge < -0.3 is 25.2 Å². The van der Waals surface area contributed by atoms with Crippen LogP contribution in [0.2, 0.25) is 0 Å². The molecule has 0 aliphatic carbocycles. The van der Waals surface area contributed by atoms with Gasteiger partial charge in [-0.05, 0) is 25.7 Å². The lowest BCUT2D eigenvalue weighted by Gasteiger charge is -2.16. The fourth-order valence-corrected chi connectivity index (χ4v) is 2.47. The van der Waals surface area contributed by atoms with E-state index < -0.39 is 5.92 Å². The van der Waals surface area contributed by atoms with Crippen LogP contribution in [0.15, 0.2) is 12.2 Å². The Bertz CT molecular complexity index is 467. The molecule has 8 heteroatoms. The first-order valence-electron chi connectivity index (χ1n) is 9.17. The number of aliphatic hydroxyl groups excluding tert-OH is 1. The first-order chi connectivity index (χ1) is 12.6. The summed E-state index contributed by atoms with van der Waals surface area (Å²) in [6, 6.07) is 0. The van der Waals surface area contributed by atoms with Gasteiger partial charge in [0.05, 0.1) is 32.3 Å². The molecule has 0 radical (unpaired) electrons. The van der Waals surface area contributed by atoms with Crippen LogP contribution in [0.25, 0.3) is 0 Å². The van der Waals surface area contributed by atoms with Crippen LogP contribution < -0.4 is 10.6 Å². The number of aliphatic hydroxyl groups is 1. The average molecular weight is 370 g/mol. The highest BCUT2D eigenvalue weighted by atomic mass is 16.5. The van der Waals surface area contributed by atoms with E-state index in [2.05, 4.69) is 10.6 Å². The third-order valence-corrected chi connectivity index (χ3v) is 3.86. The zero-order valence-corrected chi connectivity index (χ0v) is 15.2. The molecular formula is C18H30N2O6. The van der Waals surface area contributed by atoms with Crippen molar-refractivity contribution < 1.29 is 29.0 Å². The maximum Gasteiger partial charge on any atom is 0.305 e. The molecule has 0 aromatic carbocycles. The van der Waals surface area contributed by atoms with E-state index in [9.17, 15) is 14.4 Å². The fraction of sp³-hybridized carbons (Fsp3) is 0.722. The molecule has 0 saturated carbocycles. The van der Waals surface area contributed by atoms with Crippen LogP contribution in [0.4, 0.5) is 0 Å². The van der Waals surface area contributed by atoms with Crippen molar-refractivity contribution in [1.29, 1.82) is 0 Å². The number of rotatable bonds is 7. The number of carbonyl (C=O) groups excluding carboxylic acids is 3. The van der Waals surface area contributed by atoms with Crippen LogP contribution >= 0.6 is 0 Å². The van der Waals surface area contributed by atoms with Crippen LogP contribution in [0.5, 0.6) is 0 Å². The molecule has 1 heterocycles. The van der Waals surface area contributed by atoms with Crippen molar-refractivity contribution in [3.8, 4) is 0 Å². The first-order valence-corrected chi connectivity index (χ1v) is 9.17. The molecule has 0 aromatic heterocycles. The van der Waals surface area contributed by atoms with Gasteiger partial charge in [0.1, 0.15) is 6.61 Å². The third kappa shape index (κ3) is 10.8. The topological polar surface area (TPSA) is 114 Å². The molecule has 1 aliphatic heterocycles. The molecule has 1 aliphatic rings. The van der Waals surface area contributed by atoms with Gasteiger partial charge in [0.15, 0.2) is 0 Å². The summed E-state index contributed by atoms with van der Waals surface area (Å²) in [6.07, 6.45) is 7.36. The van der Waals surface area contributed by atoms with Gasteiger partial charge in [-0.3, -0.25) is 14.4 Å². The number of ether oxygens (including phenoxy) is 2. The lowest BCUT2D eigenvalue weighted by Crippen LogP contribution is -2.37. The van der Waals surface area contributed by atoms with Gasteiger partial charge in [-0.2, -0.15) is 0 Å². The molecule has 148 valence electrons. The largest absolute Gasteiger partial charge is 0.464 e. The molecular weight excluding hydrogens is 340 g/mol. The number of hydrogen-bond donors (Lipinski definition) is 3. The summed E-state index contributed by atoms with van der Waals surface area (Å²) in [5, 5.41) is 14.0. The Morgan fingerprint density at radius 1 is 1.31 bits per heavy atom. The van der Waals surface area contributed by atoms with Gasteiger partial charge in [-0.1, -0.05) is 12.2 Å². The quantitative estimate of drug-likeness (QED) is 0.337. The second-order valence-corrected chi connectivity index (χ2v) is 6.05. The molecule has 0 spiro atoms. The number of hydrogen-bond acceptors (Lipinski definition) is 6. The second kappa shape index (κ2) is 14.3. The van der Waals surface area contributed by atoms with Crippen LogP contribution in [0.1, 0.15) is 38.5 Å². The molecule has 0 aromatic rings. The SMILES string of the molecule is O=C(C[C@H]1CC=CCCCCC(=O)OCCNC1=O)NCCOCCO. The van der Waals surface area contributed by atoms with Crippen LogP contribution in [0.3, 0.4) is 0 Å². The van der Waals surface area contributed by atoms with Crippen molar-refractivity contribution in [2.24, 2.45) is 5.92 Å². The fourth-order valence-electron chi connectivity index (χ4n) is 2.47. The number of allylic oxidation sites excluding steroid dienone is 2. The second-order valence-electron chi connectivity index (χ2n) is 6.05. The highest BCUT2D eigenvalue weighted by Gasteiger charge is 2.20. The van der Waals surface area contributed by atoms with E-state index in [-0.39, 0.29) is 50.6 Å². The van der Waals surface area contributed by atoms with Crippen molar-refractivity contribution >= 4 is 17.8 Å². The predicted octanol–water partition coefficient (Wildman–Crippen LogP) is 0.298. The molecule has 0 unspecified atom stereocenters. The Morgan fingerprint density at radius 2 is 2.15 bits per heavy atom. The molecule has 0 fully saturated rings. The highest BCUT2D eigenvalue weighted by molar-refractivity contribution is 5.85. The first kappa shape index (κ1) is 22.1. The monoisotopic (exact) mass is 370 g/mol. The number of amides is 2. The zero-order chi connectivity index (χ0) is 19.0. The molecule has 2 amide bonds. The Morgan fingerprint density at radius 3 is 2.96 bits per heavy atom. The smallest absolute Gasteiger partial charge is 0.305 e.